The standard InChI is InChI=1S/C18H22N6O/c1-4-6-16(17-19-9-10-24(17)3)21-18(25)20-14-7-5-8-15-13(14)11-12(2)22-23-15/h5,7-11,16H,4,6H2,1-3H3,(H2,20,21,25). The molecule has 0 aliphatic carbocycles. The first-order valence-corrected chi connectivity index (χ1v) is 8.36. The summed E-state index contributed by atoms with van der Waals surface area (Å²) in [5, 5.41) is 15.0. The number of aromatic nitrogens is 4. The lowest BCUT2D eigenvalue weighted by Gasteiger charge is -2.18. The Labute approximate surface area is 146 Å². The van der Waals surface area contributed by atoms with Crippen molar-refractivity contribution in [3.8, 4) is 0 Å². The van der Waals surface area contributed by atoms with Gasteiger partial charge in [0.05, 0.1) is 22.9 Å². The van der Waals surface area contributed by atoms with Crippen LogP contribution in [0.2, 0.25) is 0 Å². The number of imidazole rings is 1. The number of nitrogens with zero attached hydrogens (tertiary/aromatic N) is 4. The number of aryl methyl sites for hydroxylation is 2. The second kappa shape index (κ2) is 7.29. The van der Waals surface area contributed by atoms with Crippen molar-refractivity contribution in [1.29, 1.82) is 0 Å². The minimum atomic E-state index is -0.261. The van der Waals surface area contributed by atoms with Crippen LogP contribution in [-0.4, -0.2) is 25.8 Å². The van der Waals surface area contributed by atoms with Crippen molar-refractivity contribution in [2.45, 2.75) is 32.7 Å². The van der Waals surface area contributed by atoms with Crippen LogP contribution in [0.3, 0.4) is 0 Å². The van der Waals surface area contributed by atoms with E-state index in [1.807, 2.05) is 49.0 Å². The third kappa shape index (κ3) is 3.76. The van der Waals surface area contributed by atoms with E-state index in [1.165, 1.54) is 0 Å². The second-order valence-corrected chi connectivity index (χ2v) is 6.06. The monoisotopic (exact) mass is 338 g/mol. The van der Waals surface area contributed by atoms with Gasteiger partial charge in [0.25, 0.3) is 0 Å². The molecule has 0 saturated heterocycles. The van der Waals surface area contributed by atoms with Crippen LogP contribution < -0.4 is 10.6 Å². The lowest BCUT2D eigenvalue weighted by molar-refractivity contribution is 0.247. The summed E-state index contributed by atoms with van der Waals surface area (Å²) in [7, 11) is 1.93. The highest BCUT2D eigenvalue weighted by Crippen LogP contribution is 2.22. The van der Waals surface area contributed by atoms with E-state index < -0.39 is 0 Å². The van der Waals surface area contributed by atoms with Gasteiger partial charge < -0.3 is 15.2 Å². The van der Waals surface area contributed by atoms with Crippen LogP contribution in [0.5, 0.6) is 0 Å². The van der Waals surface area contributed by atoms with Crippen LogP contribution in [0, 0.1) is 6.92 Å². The van der Waals surface area contributed by atoms with Crippen molar-refractivity contribution in [3.63, 3.8) is 0 Å². The first kappa shape index (κ1) is 16.9. The van der Waals surface area contributed by atoms with Gasteiger partial charge in [-0.05, 0) is 31.5 Å². The number of benzene rings is 1. The van der Waals surface area contributed by atoms with Gasteiger partial charge in [0.2, 0.25) is 0 Å². The van der Waals surface area contributed by atoms with Crippen LogP contribution in [0.15, 0.2) is 36.7 Å². The quantitative estimate of drug-likeness (QED) is 0.747. The Balaban J connectivity index is 1.80. The summed E-state index contributed by atoms with van der Waals surface area (Å²) in [5.41, 5.74) is 2.26. The Kier molecular flexibility index (Phi) is 4.92. The predicted octanol–water partition coefficient (Wildman–Crippen LogP) is 3.33. The van der Waals surface area contributed by atoms with Crippen molar-refractivity contribution in [3.05, 3.63) is 48.2 Å². The van der Waals surface area contributed by atoms with E-state index in [2.05, 4.69) is 32.7 Å². The van der Waals surface area contributed by atoms with Gasteiger partial charge in [-0.3, -0.25) is 0 Å². The van der Waals surface area contributed by atoms with Gasteiger partial charge in [0.1, 0.15) is 5.82 Å². The maximum atomic E-state index is 12.5. The maximum Gasteiger partial charge on any atom is 0.319 e. The van der Waals surface area contributed by atoms with Crippen molar-refractivity contribution < 1.29 is 4.79 Å². The zero-order valence-electron chi connectivity index (χ0n) is 14.7. The first-order chi connectivity index (χ1) is 12.1. The largest absolute Gasteiger partial charge is 0.336 e. The van der Waals surface area contributed by atoms with Crippen molar-refractivity contribution in [2.24, 2.45) is 7.05 Å². The maximum absolute atomic E-state index is 12.5. The van der Waals surface area contributed by atoms with E-state index in [-0.39, 0.29) is 12.1 Å². The fourth-order valence-electron chi connectivity index (χ4n) is 2.86. The van der Waals surface area contributed by atoms with E-state index in [1.54, 1.807) is 6.20 Å². The molecule has 2 N–H and O–H groups in total. The molecule has 1 aromatic carbocycles. The summed E-state index contributed by atoms with van der Waals surface area (Å²) in [6.07, 6.45) is 5.38. The highest BCUT2D eigenvalue weighted by molar-refractivity contribution is 6.00. The van der Waals surface area contributed by atoms with Gasteiger partial charge in [0, 0.05) is 24.8 Å². The highest BCUT2D eigenvalue weighted by Gasteiger charge is 2.18. The van der Waals surface area contributed by atoms with Gasteiger partial charge in [0.15, 0.2) is 0 Å². The molecule has 0 spiro atoms. The van der Waals surface area contributed by atoms with Gasteiger partial charge >= 0.3 is 6.03 Å². The SMILES string of the molecule is CCCC(NC(=O)Nc1cccc2nnc(C)cc12)c1nccn1C. The van der Waals surface area contributed by atoms with Crippen molar-refractivity contribution >= 4 is 22.6 Å². The van der Waals surface area contributed by atoms with Gasteiger partial charge in [-0.2, -0.15) is 10.2 Å². The molecular formula is C18H22N6O. The molecule has 0 aliphatic heterocycles. The van der Waals surface area contributed by atoms with Crippen molar-refractivity contribution in [1.82, 2.24) is 25.1 Å². The molecule has 0 radical (unpaired) electrons. The number of fused-ring (bicyclic) bond motifs is 1. The number of rotatable bonds is 5. The number of hydrogen-bond acceptors (Lipinski definition) is 4. The molecule has 2 heterocycles. The van der Waals surface area contributed by atoms with E-state index in [0.29, 0.717) is 5.69 Å². The summed E-state index contributed by atoms with van der Waals surface area (Å²) in [5.74, 6) is 0.844. The van der Waals surface area contributed by atoms with E-state index in [4.69, 9.17) is 0 Å². The Morgan fingerprint density at radius 1 is 1.32 bits per heavy atom. The molecule has 0 saturated carbocycles. The number of carbonyl (C=O) groups excluding carboxylic acids is 1. The normalized spacial score (nSPS) is 12.1. The average molecular weight is 338 g/mol. The second-order valence-electron chi connectivity index (χ2n) is 6.06. The molecule has 1 atom stereocenters. The molecule has 0 fully saturated rings. The van der Waals surface area contributed by atoms with Crippen LogP contribution in [0.25, 0.3) is 10.9 Å². The molecule has 0 aliphatic rings. The Hall–Kier alpha value is -2.96. The average Bonchev–Trinajstić information content (AvgIpc) is 3.01. The molecule has 25 heavy (non-hydrogen) atoms. The topological polar surface area (TPSA) is 84.7 Å². The molecule has 3 aromatic rings. The van der Waals surface area contributed by atoms with Crippen LogP contribution in [-0.2, 0) is 7.05 Å². The predicted molar refractivity (Wildman–Crippen MR) is 97.3 cm³/mol. The van der Waals surface area contributed by atoms with E-state index in [9.17, 15) is 4.79 Å². The van der Waals surface area contributed by atoms with Crippen molar-refractivity contribution in [2.75, 3.05) is 5.32 Å². The molecule has 7 nitrogen and oxygen atoms in total. The third-order valence-electron chi connectivity index (χ3n) is 4.05. The van der Waals surface area contributed by atoms with Crippen LogP contribution >= 0.6 is 0 Å². The number of carbonyl (C=O) groups is 1. The Morgan fingerprint density at radius 3 is 2.88 bits per heavy atom. The fourth-order valence-corrected chi connectivity index (χ4v) is 2.86. The summed E-state index contributed by atoms with van der Waals surface area (Å²) in [4.78, 5) is 16.9. The number of urea groups is 1. The Morgan fingerprint density at radius 2 is 2.16 bits per heavy atom. The summed E-state index contributed by atoms with van der Waals surface area (Å²) >= 11 is 0. The zero-order valence-corrected chi connectivity index (χ0v) is 14.7. The van der Waals surface area contributed by atoms with E-state index in [0.717, 1.165) is 35.3 Å². The molecule has 130 valence electrons. The fraction of sp³-hybridized carbons (Fsp3) is 0.333. The number of anilines is 1. The lowest BCUT2D eigenvalue weighted by Crippen LogP contribution is -2.34. The van der Waals surface area contributed by atoms with Gasteiger partial charge in [-0.15, -0.1) is 0 Å². The number of hydrogen-bond donors (Lipinski definition) is 2. The minimum Gasteiger partial charge on any atom is -0.336 e. The molecule has 2 aromatic heterocycles. The van der Waals surface area contributed by atoms with Gasteiger partial charge in [-0.25, -0.2) is 9.78 Å². The lowest BCUT2D eigenvalue weighted by atomic mass is 10.1. The zero-order chi connectivity index (χ0) is 17.8. The summed E-state index contributed by atoms with van der Waals surface area (Å²) < 4.78 is 1.93. The smallest absolute Gasteiger partial charge is 0.319 e. The Bertz CT molecular complexity index is 888. The molecule has 7 heteroatoms. The molecule has 3 rings (SSSR count). The number of nitrogens with one attached hydrogen (secondary N) is 2. The molecular weight excluding hydrogens is 316 g/mol. The summed E-state index contributed by atoms with van der Waals surface area (Å²) in [6, 6.07) is 7.10. The van der Waals surface area contributed by atoms with E-state index >= 15 is 0 Å². The molecule has 1 unspecified atom stereocenters. The minimum absolute atomic E-state index is 0.137. The van der Waals surface area contributed by atoms with Crippen LogP contribution in [0.1, 0.15) is 37.3 Å². The molecule has 2 amide bonds. The highest BCUT2D eigenvalue weighted by atomic mass is 16.2. The first-order valence-electron chi connectivity index (χ1n) is 8.36. The van der Waals surface area contributed by atoms with Gasteiger partial charge in [-0.1, -0.05) is 19.4 Å². The third-order valence-corrected chi connectivity index (χ3v) is 4.05. The molecule has 0 bridgehead atoms. The summed E-state index contributed by atoms with van der Waals surface area (Å²) in [6.45, 7) is 3.96. The van der Waals surface area contributed by atoms with Crippen LogP contribution in [0.4, 0.5) is 10.5 Å². The number of amides is 2.